The Morgan fingerprint density at radius 2 is 1.88 bits per heavy atom. The van der Waals surface area contributed by atoms with Crippen LogP contribution in [0, 0.1) is 0 Å². The number of hydrogen-bond acceptors (Lipinski definition) is 5. The van der Waals surface area contributed by atoms with Crippen LogP contribution in [0.5, 0.6) is 5.75 Å². The Morgan fingerprint density at radius 3 is 2.56 bits per heavy atom. The van der Waals surface area contributed by atoms with Gasteiger partial charge in [0, 0.05) is 5.56 Å². The van der Waals surface area contributed by atoms with Crippen molar-refractivity contribution in [3.63, 3.8) is 0 Å². The average molecular weight is 337 g/mol. The molecule has 2 aromatic carbocycles. The number of nitrogens with zero attached hydrogens (tertiary/aromatic N) is 2. The third kappa shape index (κ3) is 4.23. The zero-order valence-corrected chi connectivity index (χ0v) is 14.1. The maximum Gasteiger partial charge on any atom is 0.270 e. The van der Waals surface area contributed by atoms with Crippen LogP contribution in [0.4, 0.5) is 5.95 Å². The van der Waals surface area contributed by atoms with E-state index in [0.29, 0.717) is 11.6 Å². The number of ether oxygens (including phenoxy) is 1. The molecule has 128 valence electrons. The van der Waals surface area contributed by atoms with E-state index < -0.39 is 6.10 Å². The van der Waals surface area contributed by atoms with Gasteiger partial charge in [-0.25, -0.2) is 0 Å². The summed E-state index contributed by atoms with van der Waals surface area (Å²) in [5.41, 5.74) is 2.00. The highest BCUT2D eigenvalue weighted by Gasteiger charge is 2.18. The minimum Gasteiger partial charge on any atom is -0.481 e. The summed E-state index contributed by atoms with van der Waals surface area (Å²) in [5, 5.41) is 6.37. The van der Waals surface area contributed by atoms with Crippen molar-refractivity contribution in [1.82, 2.24) is 10.1 Å². The summed E-state index contributed by atoms with van der Waals surface area (Å²) in [7, 11) is 0. The Bertz CT molecular complexity index is 829. The Kier molecular flexibility index (Phi) is 5.09. The molecule has 0 unspecified atom stereocenters. The van der Waals surface area contributed by atoms with Crippen LogP contribution in [0.1, 0.15) is 19.4 Å². The molecular weight excluding hydrogens is 318 g/mol. The molecule has 25 heavy (non-hydrogen) atoms. The molecule has 0 aliphatic heterocycles. The number of hydrogen-bond donors (Lipinski definition) is 1. The number of carbonyl (C=O) groups excluding carboxylic acids is 1. The minimum atomic E-state index is -0.689. The van der Waals surface area contributed by atoms with E-state index in [1.54, 1.807) is 6.92 Å². The minimum absolute atomic E-state index is 0.112. The number of carbonyl (C=O) groups is 1. The molecular formula is C19H19N3O3. The summed E-state index contributed by atoms with van der Waals surface area (Å²) in [6, 6.07) is 17.0. The normalized spacial score (nSPS) is 11.8. The van der Waals surface area contributed by atoms with E-state index >= 15 is 0 Å². The average Bonchev–Trinajstić information content (AvgIpc) is 3.11. The van der Waals surface area contributed by atoms with Crippen LogP contribution >= 0.6 is 0 Å². The fraction of sp³-hybridized carbons (Fsp3) is 0.211. The largest absolute Gasteiger partial charge is 0.481 e. The Labute approximate surface area is 145 Å². The molecule has 1 N–H and O–H groups in total. The van der Waals surface area contributed by atoms with Gasteiger partial charge in [0.25, 0.3) is 17.7 Å². The van der Waals surface area contributed by atoms with E-state index in [0.717, 1.165) is 12.0 Å². The van der Waals surface area contributed by atoms with Crippen LogP contribution in [0.2, 0.25) is 0 Å². The lowest BCUT2D eigenvalue weighted by molar-refractivity contribution is -0.122. The van der Waals surface area contributed by atoms with Gasteiger partial charge in [-0.15, -0.1) is 0 Å². The van der Waals surface area contributed by atoms with E-state index in [2.05, 4.69) is 22.4 Å². The molecule has 1 atom stereocenters. The predicted octanol–water partition coefficient (Wildman–Crippen LogP) is 3.71. The molecule has 0 radical (unpaired) electrons. The molecule has 0 aliphatic rings. The van der Waals surface area contributed by atoms with Crippen LogP contribution in [0.15, 0.2) is 59.1 Å². The molecule has 0 bridgehead atoms. The maximum absolute atomic E-state index is 12.2. The summed E-state index contributed by atoms with van der Waals surface area (Å²) in [5.74, 6) is 0.748. The molecule has 0 aliphatic carbocycles. The number of anilines is 1. The van der Waals surface area contributed by atoms with Gasteiger partial charge in [0.2, 0.25) is 0 Å². The van der Waals surface area contributed by atoms with Gasteiger partial charge < -0.3 is 9.26 Å². The van der Waals surface area contributed by atoms with E-state index in [9.17, 15) is 4.79 Å². The van der Waals surface area contributed by atoms with Gasteiger partial charge in [0.15, 0.2) is 6.10 Å². The van der Waals surface area contributed by atoms with E-state index in [1.165, 1.54) is 5.56 Å². The Balaban J connectivity index is 1.60. The molecule has 3 rings (SSSR count). The third-order valence-corrected chi connectivity index (χ3v) is 3.70. The second-order valence-electron chi connectivity index (χ2n) is 5.54. The second-order valence-corrected chi connectivity index (χ2v) is 5.54. The van der Waals surface area contributed by atoms with Crippen LogP contribution < -0.4 is 10.1 Å². The molecule has 3 aromatic rings. The maximum atomic E-state index is 12.2. The van der Waals surface area contributed by atoms with Gasteiger partial charge >= 0.3 is 0 Å². The molecule has 0 spiro atoms. The summed E-state index contributed by atoms with van der Waals surface area (Å²) in [6.07, 6.45) is 0.267. The first-order valence-corrected chi connectivity index (χ1v) is 8.11. The molecule has 1 aromatic heterocycles. The number of aromatic nitrogens is 2. The van der Waals surface area contributed by atoms with E-state index in [1.807, 2.05) is 54.6 Å². The first-order valence-electron chi connectivity index (χ1n) is 8.11. The number of benzene rings is 2. The Hall–Kier alpha value is -3.15. The first kappa shape index (κ1) is 16.7. The molecule has 6 nitrogen and oxygen atoms in total. The summed E-state index contributed by atoms with van der Waals surface area (Å²) in [4.78, 5) is 16.4. The predicted molar refractivity (Wildman–Crippen MR) is 94.3 cm³/mol. The monoisotopic (exact) mass is 337 g/mol. The standard InChI is InChI=1S/C19H19N3O3/c1-3-14-9-11-16(12-10-14)24-13(2)17(23)20-19-21-18(25-22-19)15-7-5-4-6-8-15/h4-13H,3H2,1-2H3,(H,20,22,23)/t13-/m0/s1. The van der Waals surface area contributed by atoms with E-state index in [4.69, 9.17) is 9.26 Å². The zero-order valence-electron chi connectivity index (χ0n) is 14.1. The zero-order chi connectivity index (χ0) is 17.6. The molecule has 1 heterocycles. The van der Waals surface area contributed by atoms with Crippen LogP contribution in [-0.4, -0.2) is 22.2 Å². The number of rotatable bonds is 6. The number of aryl methyl sites for hydroxylation is 1. The van der Waals surface area contributed by atoms with Gasteiger partial charge in [0.05, 0.1) is 0 Å². The SMILES string of the molecule is CCc1ccc(O[C@@H](C)C(=O)Nc2noc(-c3ccccc3)n2)cc1. The van der Waals surface area contributed by atoms with Crippen molar-refractivity contribution in [1.29, 1.82) is 0 Å². The highest BCUT2D eigenvalue weighted by Crippen LogP contribution is 2.18. The lowest BCUT2D eigenvalue weighted by Crippen LogP contribution is -2.30. The third-order valence-electron chi connectivity index (χ3n) is 3.70. The molecule has 0 saturated carbocycles. The summed E-state index contributed by atoms with van der Waals surface area (Å²) < 4.78 is 10.8. The molecule has 6 heteroatoms. The van der Waals surface area contributed by atoms with Crippen molar-refractivity contribution in [3.05, 3.63) is 60.2 Å². The smallest absolute Gasteiger partial charge is 0.270 e. The van der Waals surface area contributed by atoms with Crippen molar-refractivity contribution in [2.24, 2.45) is 0 Å². The van der Waals surface area contributed by atoms with Gasteiger partial charge in [0.1, 0.15) is 5.75 Å². The van der Waals surface area contributed by atoms with Gasteiger partial charge in [-0.05, 0) is 48.3 Å². The van der Waals surface area contributed by atoms with Crippen molar-refractivity contribution >= 4 is 11.9 Å². The quantitative estimate of drug-likeness (QED) is 0.742. The lowest BCUT2D eigenvalue weighted by atomic mass is 10.2. The Morgan fingerprint density at radius 1 is 1.16 bits per heavy atom. The van der Waals surface area contributed by atoms with Gasteiger partial charge in [-0.3, -0.25) is 10.1 Å². The molecule has 0 fully saturated rings. The molecule has 0 saturated heterocycles. The lowest BCUT2D eigenvalue weighted by Gasteiger charge is -2.13. The fourth-order valence-corrected chi connectivity index (χ4v) is 2.25. The topological polar surface area (TPSA) is 77.2 Å². The van der Waals surface area contributed by atoms with Crippen molar-refractivity contribution in [2.75, 3.05) is 5.32 Å². The fourth-order valence-electron chi connectivity index (χ4n) is 2.25. The van der Waals surface area contributed by atoms with Crippen molar-refractivity contribution < 1.29 is 14.1 Å². The second kappa shape index (κ2) is 7.61. The van der Waals surface area contributed by atoms with Crippen LogP contribution in [0.3, 0.4) is 0 Å². The van der Waals surface area contributed by atoms with Crippen molar-refractivity contribution in [3.8, 4) is 17.2 Å². The number of amides is 1. The van der Waals surface area contributed by atoms with E-state index in [-0.39, 0.29) is 11.9 Å². The first-order chi connectivity index (χ1) is 12.2. The van der Waals surface area contributed by atoms with Crippen LogP contribution in [-0.2, 0) is 11.2 Å². The van der Waals surface area contributed by atoms with Crippen molar-refractivity contribution in [2.45, 2.75) is 26.4 Å². The summed E-state index contributed by atoms with van der Waals surface area (Å²) in [6.45, 7) is 3.75. The van der Waals surface area contributed by atoms with Crippen LogP contribution in [0.25, 0.3) is 11.5 Å². The van der Waals surface area contributed by atoms with Gasteiger partial charge in [-0.2, -0.15) is 4.98 Å². The molecule has 1 amide bonds. The summed E-state index contributed by atoms with van der Waals surface area (Å²) >= 11 is 0. The highest BCUT2D eigenvalue weighted by atomic mass is 16.5. The van der Waals surface area contributed by atoms with Gasteiger partial charge in [-0.1, -0.05) is 37.3 Å². The number of nitrogens with one attached hydrogen (secondary N) is 1. The highest BCUT2D eigenvalue weighted by molar-refractivity contribution is 5.92.